The standard InChI is InChI=1S/C14H29NO2/c1-4-6-12(2)11-17-13(3)9-15-10-14-7-5-8-16-14/h12-15H,4-11H2,1-3H3. The molecule has 0 amide bonds. The fourth-order valence-corrected chi connectivity index (χ4v) is 2.22. The normalized spacial score (nSPS) is 23.8. The lowest BCUT2D eigenvalue weighted by molar-refractivity contribution is 0.0388. The van der Waals surface area contributed by atoms with E-state index >= 15 is 0 Å². The maximum absolute atomic E-state index is 5.82. The summed E-state index contributed by atoms with van der Waals surface area (Å²) in [6, 6.07) is 0. The first-order valence-corrected chi connectivity index (χ1v) is 7.16. The van der Waals surface area contributed by atoms with E-state index in [2.05, 4.69) is 26.1 Å². The van der Waals surface area contributed by atoms with Gasteiger partial charge in [-0.1, -0.05) is 20.3 Å². The quantitative estimate of drug-likeness (QED) is 0.675. The van der Waals surface area contributed by atoms with E-state index in [0.717, 1.165) is 26.3 Å². The summed E-state index contributed by atoms with van der Waals surface area (Å²) in [5.41, 5.74) is 0. The van der Waals surface area contributed by atoms with E-state index < -0.39 is 0 Å². The molecule has 0 aromatic rings. The lowest BCUT2D eigenvalue weighted by atomic mass is 10.1. The third kappa shape index (κ3) is 7.02. The molecule has 0 spiro atoms. The fraction of sp³-hybridized carbons (Fsp3) is 1.00. The monoisotopic (exact) mass is 243 g/mol. The minimum Gasteiger partial charge on any atom is -0.377 e. The third-order valence-corrected chi connectivity index (χ3v) is 3.27. The number of ether oxygens (including phenoxy) is 2. The van der Waals surface area contributed by atoms with E-state index in [-0.39, 0.29) is 0 Å². The van der Waals surface area contributed by atoms with Crippen molar-refractivity contribution >= 4 is 0 Å². The first-order valence-electron chi connectivity index (χ1n) is 7.16. The molecule has 1 heterocycles. The van der Waals surface area contributed by atoms with Crippen molar-refractivity contribution in [1.29, 1.82) is 0 Å². The molecule has 1 aliphatic heterocycles. The van der Waals surface area contributed by atoms with E-state index in [1.54, 1.807) is 0 Å². The van der Waals surface area contributed by atoms with Crippen molar-refractivity contribution in [3.63, 3.8) is 0 Å². The van der Waals surface area contributed by atoms with Crippen LogP contribution in [0.5, 0.6) is 0 Å². The van der Waals surface area contributed by atoms with Gasteiger partial charge in [0.2, 0.25) is 0 Å². The summed E-state index contributed by atoms with van der Waals surface area (Å²) in [7, 11) is 0. The predicted molar refractivity (Wildman–Crippen MR) is 71.3 cm³/mol. The first-order chi connectivity index (χ1) is 8.22. The van der Waals surface area contributed by atoms with Gasteiger partial charge in [0.05, 0.1) is 12.2 Å². The Labute approximate surface area is 106 Å². The van der Waals surface area contributed by atoms with Crippen molar-refractivity contribution in [2.24, 2.45) is 5.92 Å². The molecule has 1 aliphatic rings. The Morgan fingerprint density at radius 1 is 1.41 bits per heavy atom. The van der Waals surface area contributed by atoms with Crippen LogP contribution in [0.15, 0.2) is 0 Å². The van der Waals surface area contributed by atoms with E-state index in [9.17, 15) is 0 Å². The summed E-state index contributed by atoms with van der Waals surface area (Å²) in [5, 5.41) is 3.43. The summed E-state index contributed by atoms with van der Waals surface area (Å²) in [5.74, 6) is 0.681. The van der Waals surface area contributed by atoms with Gasteiger partial charge in [0.15, 0.2) is 0 Å². The molecule has 3 heteroatoms. The Hall–Kier alpha value is -0.120. The summed E-state index contributed by atoms with van der Waals surface area (Å²) in [6.45, 7) is 10.3. The smallest absolute Gasteiger partial charge is 0.0700 e. The number of hydrogen-bond acceptors (Lipinski definition) is 3. The van der Waals surface area contributed by atoms with Gasteiger partial charge < -0.3 is 14.8 Å². The highest BCUT2D eigenvalue weighted by molar-refractivity contribution is 4.68. The maximum atomic E-state index is 5.82. The maximum Gasteiger partial charge on any atom is 0.0700 e. The van der Waals surface area contributed by atoms with E-state index in [1.807, 2.05) is 0 Å². The molecule has 3 unspecified atom stereocenters. The van der Waals surface area contributed by atoms with Crippen molar-refractivity contribution in [3.8, 4) is 0 Å². The van der Waals surface area contributed by atoms with Crippen molar-refractivity contribution < 1.29 is 9.47 Å². The molecule has 102 valence electrons. The van der Waals surface area contributed by atoms with Gasteiger partial charge in [0.1, 0.15) is 0 Å². The van der Waals surface area contributed by atoms with Crippen LogP contribution >= 0.6 is 0 Å². The average molecular weight is 243 g/mol. The van der Waals surface area contributed by atoms with Crippen LogP contribution in [-0.4, -0.2) is 38.5 Å². The Kier molecular flexibility index (Phi) is 7.82. The van der Waals surface area contributed by atoms with Crippen molar-refractivity contribution in [2.75, 3.05) is 26.3 Å². The lowest BCUT2D eigenvalue weighted by Crippen LogP contribution is -2.33. The molecule has 17 heavy (non-hydrogen) atoms. The zero-order valence-electron chi connectivity index (χ0n) is 11.7. The molecular formula is C14H29NO2. The number of hydrogen-bond donors (Lipinski definition) is 1. The van der Waals surface area contributed by atoms with Crippen molar-refractivity contribution in [3.05, 3.63) is 0 Å². The van der Waals surface area contributed by atoms with Gasteiger partial charge in [0, 0.05) is 26.3 Å². The zero-order chi connectivity index (χ0) is 12.5. The van der Waals surface area contributed by atoms with Crippen LogP contribution in [0, 0.1) is 5.92 Å². The highest BCUT2D eigenvalue weighted by atomic mass is 16.5. The Balaban J connectivity index is 1.94. The van der Waals surface area contributed by atoms with Gasteiger partial charge in [-0.25, -0.2) is 0 Å². The second kappa shape index (κ2) is 8.90. The van der Waals surface area contributed by atoms with Gasteiger partial charge in [-0.05, 0) is 32.1 Å². The van der Waals surface area contributed by atoms with Crippen LogP contribution < -0.4 is 5.32 Å². The molecule has 1 saturated heterocycles. The molecule has 3 atom stereocenters. The zero-order valence-corrected chi connectivity index (χ0v) is 11.7. The molecule has 0 bridgehead atoms. The van der Waals surface area contributed by atoms with Crippen molar-refractivity contribution in [1.82, 2.24) is 5.32 Å². The molecule has 3 nitrogen and oxygen atoms in total. The summed E-state index contributed by atoms with van der Waals surface area (Å²) >= 11 is 0. The summed E-state index contributed by atoms with van der Waals surface area (Å²) < 4.78 is 11.4. The number of nitrogens with one attached hydrogen (secondary N) is 1. The molecule has 1 fully saturated rings. The lowest BCUT2D eigenvalue weighted by Gasteiger charge is -2.18. The Morgan fingerprint density at radius 3 is 2.88 bits per heavy atom. The molecule has 0 radical (unpaired) electrons. The molecule has 0 aliphatic carbocycles. The van der Waals surface area contributed by atoms with Crippen LogP contribution in [0.2, 0.25) is 0 Å². The predicted octanol–water partition coefficient (Wildman–Crippen LogP) is 2.60. The first kappa shape index (κ1) is 14.9. The minimum atomic E-state index is 0.302. The van der Waals surface area contributed by atoms with Crippen LogP contribution in [0.25, 0.3) is 0 Å². The SMILES string of the molecule is CCCC(C)COC(C)CNCC1CCCO1. The average Bonchev–Trinajstić information content (AvgIpc) is 2.80. The van der Waals surface area contributed by atoms with E-state index in [4.69, 9.17) is 9.47 Å². The summed E-state index contributed by atoms with van der Waals surface area (Å²) in [4.78, 5) is 0. The minimum absolute atomic E-state index is 0.302. The van der Waals surface area contributed by atoms with Gasteiger partial charge in [-0.15, -0.1) is 0 Å². The highest BCUT2D eigenvalue weighted by Gasteiger charge is 2.15. The molecule has 0 aromatic heterocycles. The molecule has 1 rings (SSSR count). The fourth-order valence-electron chi connectivity index (χ4n) is 2.22. The second-order valence-corrected chi connectivity index (χ2v) is 5.33. The van der Waals surface area contributed by atoms with Crippen LogP contribution in [0.3, 0.4) is 0 Å². The molecule has 0 aromatic carbocycles. The number of rotatable bonds is 9. The van der Waals surface area contributed by atoms with Crippen LogP contribution in [0.4, 0.5) is 0 Å². The highest BCUT2D eigenvalue weighted by Crippen LogP contribution is 2.10. The van der Waals surface area contributed by atoms with Crippen molar-refractivity contribution in [2.45, 2.75) is 58.7 Å². The van der Waals surface area contributed by atoms with E-state index in [0.29, 0.717) is 18.1 Å². The van der Waals surface area contributed by atoms with Gasteiger partial charge in [-0.3, -0.25) is 0 Å². The van der Waals surface area contributed by atoms with Gasteiger partial charge >= 0.3 is 0 Å². The topological polar surface area (TPSA) is 30.5 Å². The molecule has 1 N–H and O–H groups in total. The molecular weight excluding hydrogens is 214 g/mol. The van der Waals surface area contributed by atoms with E-state index in [1.165, 1.54) is 25.7 Å². The second-order valence-electron chi connectivity index (χ2n) is 5.33. The summed E-state index contributed by atoms with van der Waals surface area (Å²) in [6.07, 6.45) is 5.66. The van der Waals surface area contributed by atoms with Gasteiger partial charge in [-0.2, -0.15) is 0 Å². The van der Waals surface area contributed by atoms with Crippen LogP contribution in [-0.2, 0) is 9.47 Å². The van der Waals surface area contributed by atoms with Gasteiger partial charge in [0.25, 0.3) is 0 Å². The largest absolute Gasteiger partial charge is 0.377 e. The Morgan fingerprint density at radius 2 is 2.24 bits per heavy atom. The third-order valence-electron chi connectivity index (χ3n) is 3.27. The Bertz CT molecular complexity index is 181. The molecule has 0 saturated carbocycles. The van der Waals surface area contributed by atoms with Crippen LogP contribution in [0.1, 0.15) is 46.5 Å².